The van der Waals surface area contributed by atoms with E-state index < -0.39 is 12.1 Å². The molecule has 2 heterocycles. The Balaban J connectivity index is 0.000000454. The molecule has 36 heavy (non-hydrogen) atoms. The van der Waals surface area contributed by atoms with Gasteiger partial charge in [-0.15, -0.1) is 0 Å². The highest BCUT2D eigenvalue weighted by Crippen LogP contribution is 2.35. The van der Waals surface area contributed by atoms with Crippen LogP contribution in [0, 0.1) is 6.92 Å². The van der Waals surface area contributed by atoms with Crippen LogP contribution < -0.4 is 25.1 Å². The molecule has 0 aliphatic heterocycles. The Labute approximate surface area is 200 Å². The van der Waals surface area contributed by atoms with Crippen molar-refractivity contribution in [2.75, 3.05) is 26.6 Å². The minimum atomic E-state index is -5.08. The number of para-hydroxylation sites is 1. The van der Waals surface area contributed by atoms with Crippen molar-refractivity contribution in [1.29, 1.82) is 0 Å². The maximum atomic E-state index is 12.5. The molecule has 3 N–H and O–H groups in total. The van der Waals surface area contributed by atoms with E-state index >= 15 is 0 Å². The molecule has 2 aromatic heterocycles. The van der Waals surface area contributed by atoms with Gasteiger partial charge in [-0.25, -0.2) is 19.7 Å². The first-order valence-corrected chi connectivity index (χ1v) is 10.0. The standard InChI is InChI=1S/C20H19N5O4.C2HF3O2/c1-10-11-8-9-14(28-3)17(29-4)16(11)23-19(21-10)25-20-22-15-12(18(26)24-20)6-5-7-13(15)27-2;3-2(4,5)1(6)7/h5-9H,1-4H3,(H2,21,22,23,24,25,26);(H,6,7). The van der Waals surface area contributed by atoms with Crippen molar-refractivity contribution in [1.82, 2.24) is 19.9 Å². The van der Waals surface area contributed by atoms with Gasteiger partial charge in [0.15, 0.2) is 11.5 Å². The number of halogens is 3. The Bertz CT molecular complexity index is 1490. The summed E-state index contributed by atoms with van der Waals surface area (Å²) >= 11 is 0. The molecule has 4 aromatic rings. The molecule has 0 bridgehead atoms. The van der Waals surface area contributed by atoms with Gasteiger partial charge in [-0.2, -0.15) is 13.2 Å². The van der Waals surface area contributed by atoms with E-state index in [2.05, 4.69) is 25.3 Å². The van der Waals surface area contributed by atoms with Gasteiger partial charge in [0.1, 0.15) is 16.8 Å². The molecule has 0 atom stereocenters. The first kappa shape index (κ1) is 26.0. The van der Waals surface area contributed by atoms with Crippen molar-refractivity contribution in [3.63, 3.8) is 0 Å². The number of aromatic nitrogens is 4. The van der Waals surface area contributed by atoms with Crippen molar-refractivity contribution in [2.24, 2.45) is 0 Å². The maximum absolute atomic E-state index is 12.5. The lowest BCUT2D eigenvalue weighted by molar-refractivity contribution is -0.192. The molecule has 0 fully saturated rings. The van der Waals surface area contributed by atoms with Crippen molar-refractivity contribution < 1.29 is 37.3 Å². The molecular formula is C22H20F3N5O6. The van der Waals surface area contributed by atoms with Gasteiger partial charge in [-0.05, 0) is 31.2 Å². The molecule has 190 valence electrons. The van der Waals surface area contributed by atoms with Crippen molar-refractivity contribution in [3.05, 3.63) is 46.4 Å². The Morgan fingerprint density at radius 2 is 1.61 bits per heavy atom. The number of nitrogens with one attached hydrogen (secondary N) is 2. The van der Waals surface area contributed by atoms with Crippen LogP contribution in [-0.4, -0.2) is 58.5 Å². The van der Waals surface area contributed by atoms with Crippen LogP contribution in [0.25, 0.3) is 21.8 Å². The number of carboxylic acid groups (broad SMARTS) is 1. The molecular weight excluding hydrogens is 487 g/mol. The summed E-state index contributed by atoms with van der Waals surface area (Å²) in [5, 5.41) is 11.4. The van der Waals surface area contributed by atoms with Gasteiger partial charge in [0.05, 0.1) is 32.4 Å². The van der Waals surface area contributed by atoms with Crippen LogP contribution in [0.5, 0.6) is 17.2 Å². The molecule has 0 radical (unpaired) electrons. The summed E-state index contributed by atoms with van der Waals surface area (Å²) in [6, 6.07) is 8.84. The fourth-order valence-electron chi connectivity index (χ4n) is 3.18. The summed E-state index contributed by atoms with van der Waals surface area (Å²) in [7, 11) is 4.64. The summed E-state index contributed by atoms with van der Waals surface area (Å²) in [6.45, 7) is 1.86. The second kappa shape index (κ2) is 10.3. The summed E-state index contributed by atoms with van der Waals surface area (Å²) in [6.07, 6.45) is -5.08. The second-order valence-electron chi connectivity index (χ2n) is 7.03. The fourth-order valence-corrected chi connectivity index (χ4v) is 3.18. The van der Waals surface area contributed by atoms with Crippen molar-refractivity contribution in [3.8, 4) is 17.2 Å². The fraction of sp³-hybridized carbons (Fsp3) is 0.227. The number of alkyl halides is 3. The van der Waals surface area contributed by atoms with E-state index in [1.54, 1.807) is 38.5 Å². The van der Waals surface area contributed by atoms with E-state index in [-0.39, 0.29) is 17.5 Å². The third kappa shape index (κ3) is 5.37. The zero-order valence-electron chi connectivity index (χ0n) is 19.4. The minimum Gasteiger partial charge on any atom is -0.494 e. The highest BCUT2D eigenvalue weighted by Gasteiger charge is 2.38. The number of nitrogens with zero attached hydrogens (tertiary/aromatic N) is 3. The number of hydrogen-bond acceptors (Lipinski definition) is 9. The zero-order valence-corrected chi connectivity index (χ0v) is 19.4. The van der Waals surface area contributed by atoms with E-state index in [1.165, 1.54) is 7.11 Å². The van der Waals surface area contributed by atoms with Crippen molar-refractivity contribution in [2.45, 2.75) is 13.1 Å². The minimum absolute atomic E-state index is 0.201. The van der Waals surface area contributed by atoms with Crippen LogP contribution in [-0.2, 0) is 4.79 Å². The summed E-state index contributed by atoms with van der Waals surface area (Å²) < 4.78 is 47.9. The Morgan fingerprint density at radius 3 is 2.19 bits per heavy atom. The quantitative estimate of drug-likeness (QED) is 0.366. The van der Waals surface area contributed by atoms with Gasteiger partial charge in [0.25, 0.3) is 5.56 Å². The zero-order chi connectivity index (χ0) is 26.6. The van der Waals surface area contributed by atoms with E-state index in [0.717, 1.165) is 11.1 Å². The second-order valence-corrected chi connectivity index (χ2v) is 7.03. The third-order valence-corrected chi connectivity index (χ3v) is 4.79. The molecule has 0 unspecified atom stereocenters. The third-order valence-electron chi connectivity index (χ3n) is 4.79. The Hall–Kier alpha value is -4.62. The van der Waals surface area contributed by atoms with Gasteiger partial charge >= 0.3 is 12.1 Å². The van der Waals surface area contributed by atoms with Gasteiger partial charge < -0.3 is 19.3 Å². The van der Waals surface area contributed by atoms with E-state index in [0.29, 0.717) is 33.7 Å². The average Bonchev–Trinajstić information content (AvgIpc) is 2.82. The number of aromatic amines is 1. The number of fused-ring (bicyclic) bond motifs is 2. The lowest BCUT2D eigenvalue weighted by atomic mass is 10.1. The van der Waals surface area contributed by atoms with Gasteiger partial charge in [0.2, 0.25) is 11.9 Å². The SMILES string of the molecule is COc1ccc2c(C)nc(Nc3nc4c(OC)cccc4c(=O)[nH]3)nc2c1OC.O=C(O)C(F)(F)F. The number of hydrogen-bond donors (Lipinski definition) is 3. The maximum Gasteiger partial charge on any atom is 0.490 e. The Morgan fingerprint density at radius 1 is 0.944 bits per heavy atom. The highest BCUT2D eigenvalue weighted by atomic mass is 19.4. The number of carbonyl (C=O) groups is 1. The molecule has 0 spiro atoms. The molecule has 0 saturated heterocycles. The van der Waals surface area contributed by atoms with Crippen LogP contribution in [0.2, 0.25) is 0 Å². The highest BCUT2D eigenvalue weighted by molar-refractivity contribution is 5.90. The van der Waals surface area contributed by atoms with Crippen LogP contribution in [0.15, 0.2) is 35.1 Å². The lowest BCUT2D eigenvalue weighted by Gasteiger charge is -2.13. The van der Waals surface area contributed by atoms with Crippen molar-refractivity contribution >= 4 is 39.7 Å². The summed E-state index contributed by atoms with van der Waals surface area (Å²) in [4.78, 5) is 37.5. The number of rotatable bonds is 5. The number of aryl methyl sites for hydroxylation is 1. The molecule has 2 aromatic carbocycles. The molecule has 11 nitrogen and oxygen atoms in total. The van der Waals surface area contributed by atoms with Crippen LogP contribution in [0.4, 0.5) is 25.1 Å². The molecule has 4 rings (SSSR count). The lowest BCUT2D eigenvalue weighted by Crippen LogP contribution is -2.21. The van der Waals surface area contributed by atoms with Crippen LogP contribution in [0.1, 0.15) is 5.69 Å². The van der Waals surface area contributed by atoms with Gasteiger partial charge in [-0.1, -0.05) is 6.07 Å². The normalized spacial score (nSPS) is 11.0. The molecule has 0 aliphatic rings. The molecule has 0 aliphatic carbocycles. The number of anilines is 2. The molecule has 14 heteroatoms. The molecule has 0 saturated carbocycles. The predicted molar refractivity (Wildman–Crippen MR) is 123 cm³/mol. The average molecular weight is 507 g/mol. The number of carboxylic acids is 1. The number of ether oxygens (including phenoxy) is 3. The number of methoxy groups -OCH3 is 3. The predicted octanol–water partition coefficient (Wildman–Crippen LogP) is 3.58. The smallest absolute Gasteiger partial charge is 0.490 e. The van der Waals surface area contributed by atoms with E-state index in [1.807, 2.05) is 13.0 Å². The first-order valence-electron chi connectivity index (χ1n) is 10.0. The van der Waals surface area contributed by atoms with Crippen LogP contribution >= 0.6 is 0 Å². The van der Waals surface area contributed by atoms with Gasteiger partial charge in [0, 0.05) is 5.39 Å². The number of H-pyrrole nitrogens is 1. The monoisotopic (exact) mass is 507 g/mol. The molecule has 0 amide bonds. The number of aliphatic carboxylic acids is 1. The van der Waals surface area contributed by atoms with Crippen LogP contribution in [0.3, 0.4) is 0 Å². The topological polar surface area (TPSA) is 149 Å². The number of benzene rings is 2. The summed E-state index contributed by atoms with van der Waals surface area (Å²) in [5.41, 5.74) is 1.47. The first-order chi connectivity index (χ1) is 17.0. The Kier molecular flexibility index (Phi) is 7.46. The van der Waals surface area contributed by atoms with E-state index in [9.17, 15) is 18.0 Å². The largest absolute Gasteiger partial charge is 0.494 e. The summed E-state index contributed by atoms with van der Waals surface area (Å²) in [5.74, 6) is -0.732. The van der Waals surface area contributed by atoms with Gasteiger partial charge in [-0.3, -0.25) is 15.1 Å². The van der Waals surface area contributed by atoms with E-state index in [4.69, 9.17) is 24.1 Å².